The van der Waals surface area contributed by atoms with Crippen molar-refractivity contribution >= 4 is 18.2 Å². The second-order valence-corrected chi connectivity index (χ2v) is 13.9. The quantitative estimate of drug-likeness (QED) is 0.610. The van der Waals surface area contributed by atoms with Crippen molar-refractivity contribution in [2.24, 2.45) is 0 Å². The van der Waals surface area contributed by atoms with Crippen LogP contribution in [0.25, 0.3) is 0 Å². The maximum Gasteiger partial charge on any atom is 0.297 e. The van der Waals surface area contributed by atoms with Crippen molar-refractivity contribution in [3.63, 3.8) is 0 Å². The van der Waals surface area contributed by atoms with Gasteiger partial charge in [-0.1, -0.05) is 50.7 Å². The Morgan fingerprint density at radius 3 is 2.20 bits per heavy atom. The van der Waals surface area contributed by atoms with Crippen LogP contribution in [0.5, 0.6) is 0 Å². The molecule has 3 nitrogen and oxygen atoms in total. The topological polar surface area (TPSA) is 43.4 Å². The van der Waals surface area contributed by atoms with Crippen LogP contribution in [0.1, 0.15) is 25.3 Å². The molecular weight excluding hydrogens is 288 g/mol. The van der Waals surface area contributed by atoms with Crippen LogP contribution in [0.4, 0.5) is 0 Å². The lowest BCUT2D eigenvalue weighted by atomic mass is 10.2. The third-order valence-electron chi connectivity index (χ3n) is 4.68. The highest BCUT2D eigenvalue weighted by Crippen LogP contribution is 2.65. The lowest BCUT2D eigenvalue weighted by molar-refractivity contribution is 0.288. The van der Waals surface area contributed by atoms with Crippen molar-refractivity contribution in [3.8, 4) is 0 Å². The van der Waals surface area contributed by atoms with Crippen LogP contribution in [0.2, 0.25) is 24.7 Å². The zero-order chi connectivity index (χ0) is 15.2. The lowest BCUT2D eigenvalue weighted by Crippen LogP contribution is -2.32. The van der Waals surface area contributed by atoms with Gasteiger partial charge in [0.05, 0.1) is 19.1 Å². The van der Waals surface area contributed by atoms with Gasteiger partial charge in [0.2, 0.25) is 0 Å². The molecule has 0 radical (unpaired) electrons. The van der Waals surface area contributed by atoms with Gasteiger partial charge in [0.1, 0.15) is 0 Å². The highest BCUT2D eigenvalue weighted by Gasteiger charge is 2.62. The molecule has 5 heteroatoms. The largest absolute Gasteiger partial charge is 0.297 e. The molecule has 0 N–H and O–H groups in total. The van der Waals surface area contributed by atoms with Crippen LogP contribution in [0, 0.1) is 6.92 Å². The van der Waals surface area contributed by atoms with E-state index in [4.69, 9.17) is 4.18 Å². The van der Waals surface area contributed by atoms with E-state index in [9.17, 15) is 8.42 Å². The highest BCUT2D eigenvalue weighted by molar-refractivity contribution is 7.86. The molecule has 1 aromatic carbocycles. The van der Waals surface area contributed by atoms with Gasteiger partial charge in [0.15, 0.2) is 0 Å². The summed E-state index contributed by atoms with van der Waals surface area (Å²) in [6, 6.07) is 6.84. The molecule has 0 saturated heterocycles. The maximum atomic E-state index is 12.3. The Morgan fingerprint density at radius 1 is 1.25 bits per heavy atom. The summed E-state index contributed by atoms with van der Waals surface area (Å²) in [5, 5.41) is 0.116. The molecule has 20 heavy (non-hydrogen) atoms. The second-order valence-electron chi connectivity index (χ2n) is 6.82. The van der Waals surface area contributed by atoms with E-state index in [1.165, 1.54) is 0 Å². The molecule has 2 rings (SSSR count). The number of rotatable bonds is 5. The van der Waals surface area contributed by atoms with E-state index >= 15 is 0 Å². The summed E-state index contributed by atoms with van der Waals surface area (Å²) in [7, 11) is -5.07. The van der Waals surface area contributed by atoms with Crippen molar-refractivity contribution in [3.05, 3.63) is 29.8 Å². The van der Waals surface area contributed by atoms with Crippen molar-refractivity contribution < 1.29 is 12.6 Å². The zero-order valence-electron chi connectivity index (χ0n) is 12.9. The van der Waals surface area contributed by atoms with Gasteiger partial charge in [-0.2, -0.15) is 8.42 Å². The molecule has 1 saturated carbocycles. The number of hydrogen-bond acceptors (Lipinski definition) is 3. The third-order valence-corrected chi connectivity index (χ3v) is 9.89. The van der Waals surface area contributed by atoms with Gasteiger partial charge in [-0.25, -0.2) is 0 Å². The first-order valence-corrected chi connectivity index (χ1v) is 12.0. The molecule has 1 aliphatic carbocycles. The van der Waals surface area contributed by atoms with Gasteiger partial charge in [-0.15, -0.1) is 0 Å². The molecule has 0 aliphatic heterocycles. The minimum absolute atomic E-state index is 0.116. The molecular formula is C15H24O3SSi. The van der Waals surface area contributed by atoms with Gasteiger partial charge in [0, 0.05) is 0 Å². The fourth-order valence-corrected chi connectivity index (χ4v) is 7.11. The summed E-state index contributed by atoms with van der Waals surface area (Å²) < 4.78 is 30.2. The summed E-state index contributed by atoms with van der Waals surface area (Å²) in [4.78, 5) is 0.260. The Kier molecular flexibility index (Phi) is 3.90. The first-order valence-electron chi connectivity index (χ1n) is 7.12. The molecule has 112 valence electrons. The van der Waals surface area contributed by atoms with E-state index in [0.717, 1.165) is 18.4 Å². The number of hydrogen-bond donors (Lipinski definition) is 0. The molecule has 1 fully saturated rings. The van der Waals surface area contributed by atoms with Crippen LogP contribution in [-0.4, -0.2) is 22.6 Å². The third kappa shape index (κ3) is 2.71. The van der Waals surface area contributed by atoms with Crippen LogP contribution >= 0.6 is 0 Å². The molecule has 1 aromatic rings. The normalized spacial score (nSPS) is 26.6. The first-order chi connectivity index (χ1) is 9.12. The molecule has 2 unspecified atom stereocenters. The summed E-state index contributed by atoms with van der Waals surface area (Å²) in [6.45, 7) is 10.9. The Labute approximate surface area is 123 Å². The monoisotopic (exact) mass is 312 g/mol. The Hall–Kier alpha value is -0.653. The van der Waals surface area contributed by atoms with E-state index in [2.05, 4.69) is 26.6 Å². The van der Waals surface area contributed by atoms with Gasteiger partial charge in [-0.3, -0.25) is 4.18 Å². The minimum Gasteiger partial charge on any atom is -0.263 e. The second kappa shape index (κ2) is 4.96. The molecule has 0 aromatic heterocycles. The molecule has 1 aliphatic rings. The van der Waals surface area contributed by atoms with Crippen molar-refractivity contribution in [2.75, 3.05) is 0 Å². The van der Waals surface area contributed by atoms with Crippen molar-refractivity contribution in [1.82, 2.24) is 0 Å². The fourth-order valence-electron chi connectivity index (χ4n) is 3.00. The van der Waals surface area contributed by atoms with Gasteiger partial charge >= 0.3 is 0 Å². The smallest absolute Gasteiger partial charge is 0.263 e. The number of benzene rings is 1. The Morgan fingerprint density at radius 2 is 1.80 bits per heavy atom. The average Bonchev–Trinajstić information content (AvgIpc) is 3.03. The Bertz CT molecular complexity index is 587. The van der Waals surface area contributed by atoms with Gasteiger partial charge < -0.3 is 0 Å². The van der Waals surface area contributed by atoms with Crippen LogP contribution in [0.3, 0.4) is 0 Å². The van der Waals surface area contributed by atoms with E-state index in [1.54, 1.807) is 24.3 Å². The van der Waals surface area contributed by atoms with E-state index in [-0.39, 0.29) is 16.0 Å². The Balaban J connectivity index is 2.17. The lowest BCUT2D eigenvalue weighted by Gasteiger charge is -2.28. The predicted molar refractivity (Wildman–Crippen MR) is 84.2 cm³/mol. The van der Waals surface area contributed by atoms with E-state index in [0.29, 0.717) is 0 Å². The summed E-state index contributed by atoms with van der Waals surface area (Å²) in [6.07, 6.45) is 1.74. The predicted octanol–water partition coefficient (Wildman–Crippen LogP) is 3.96. The summed E-state index contributed by atoms with van der Waals surface area (Å²) in [5.74, 6) is 0. The van der Waals surface area contributed by atoms with Crippen LogP contribution < -0.4 is 0 Å². The average molecular weight is 313 g/mol. The standard InChI is InChI=1S/C15H24O3SSi/c1-6-15(20(3,4)5)11-14(15)18-19(16,17)13-9-7-12(2)8-10-13/h7-10,14H,6,11H2,1-5H3. The molecule has 0 heterocycles. The van der Waals surface area contributed by atoms with Gasteiger partial charge in [0.25, 0.3) is 10.1 Å². The molecule has 0 amide bonds. The molecule has 0 spiro atoms. The zero-order valence-corrected chi connectivity index (χ0v) is 14.8. The van der Waals surface area contributed by atoms with E-state index in [1.807, 2.05) is 6.92 Å². The summed E-state index contributed by atoms with van der Waals surface area (Å²) >= 11 is 0. The molecule has 2 atom stereocenters. The SMILES string of the molecule is CCC1([Si](C)(C)C)CC1OS(=O)(=O)c1ccc(C)cc1. The van der Waals surface area contributed by atoms with Crippen LogP contribution in [0.15, 0.2) is 29.2 Å². The van der Waals surface area contributed by atoms with Crippen molar-refractivity contribution in [1.29, 1.82) is 0 Å². The minimum atomic E-state index is -3.63. The van der Waals surface area contributed by atoms with E-state index < -0.39 is 18.2 Å². The summed E-state index contributed by atoms with van der Waals surface area (Å²) in [5.41, 5.74) is 1.04. The van der Waals surface area contributed by atoms with Crippen LogP contribution in [-0.2, 0) is 14.3 Å². The maximum absolute atomic E-state index is 12.3. The fraction of sp³-hybridized carbons (Fsp3) is 0.600. The molecule has 0 bridgehead atoms. The van der Waals surface area contributed by atoms with Gasteiger partial charge in [-0.05, 0) is 30.5 Å². The van der Waals surface area contributed by atoms with Crippen molar-refractivity contribution in [2.45, 2.75) is 62.4 Å². The highest BCUT2D eigenvalue weighted by atomic mass is 32.2. The first kappa shape index (κ1) is 15.7. The number of aryl methyl sites for hydroxylation is 1.